The van der Waals surface area contributed by atoms with E-state index in [0.29, 0.717) is 35.1 Å². The first-order chi connectivity index (χ1) is 14.2. The third kappa shape index (κ3) is 4.35. The van der Waals surface area contributed by atoms with Gasteiger partial charge in [0.1, 0.15) is 12.3 Å². The maximum absolute atomic E-state index is 12.5. The number of hydrogen-bond donors (Lipinski definition) is 1. The van der Waals surface area contributed by atoms with Crippen LogP contribution in [-0.4, -0.2) is 23.2 Å². The predicted molar refractivity (Wildman–Crippen MR) is 108 cm³/mol. The molecule has 2 heterocycles. The molecular formula is C22H19N3O4. The zero-order chi connectivity index (χ0) is 20.1. The summed E-state index contributed by atoms with van der Waals surface area (Å²) in [5.74, 6) is 0.919. The molecule has 146 valence electrons. The Hall–Kier alpha value is -3.87. The number of rotatable bonds is 7. The molecule has 0 saturated heterocycles. The first-order valence-corrected chi connectivity index (χ1v) is 9.06. The third-order valence-electron chi connectivity index (χ3n) is 4.37. The van der Waals surface area contributed by atoms with Crippen LogP contribution in [-0.2, 0) is 17.8 Å². The van der Waals surface area contributed by atoms with Crippen LogP contribution in [0.3, 0.4) is 0 Å². The van der Waals surface area contributed by atoms with Crippen molar-refractivity contribution in [1.82, 2.24) is 10.1 Å². The van der Waals surface area contributed by atoms with Gasteiger partial charge in [-0.05, 0) is 42.0 Å². The molecule has 0 saturated carbocycles. The minimum absolute atomic E-state index is 0.107. The maximum Gasteiger partial charge on any atom is 0.230 e. The van der Waals surface area contributed by atoms with Crippen molar-refractivity contribution >= 4 is 22.6 Å². The normalized spacial score (nSPS) is 10.7. The first-order valence-electron chi connectivity index (χ1n) is 9.06. The van der Waals surface area contributed by atoms with Gasteiger partial charge >= 0.3 is 0 Å². The molecule has 0 fully saturated rings. The SMILES string of the molecule is COc1ccc(NC(=O)Cc2noc3ccccc23)cc1OCc1ccncc1. The van der Waals surface area contributed by atoms with Crippen LogP contribution >= 0.6 is 0 Å². The summed E-state index contributed by atoms with van der Waals surface area (Å²) in [6.07, 6.45) is 3.52. The molecular weight excluding hydrogens is 370 g/mol. The van der Waals surface area contributed by atoms with Gasteiger partial charge in [0, 0.05) is 29.5 Å². The van der Waals surface area contributed by atoms with E-state index in [1.54, 1.807) is 37.7 Å². The Labute approximate surface area is 167 Å². The number of hydrogen-bond acceptors (Lipinski definition) is 6. The Kier molecular flexibility index (Phi) is 5.38. The lowest BCUT2D eigenvalue weighted by Crippen LogP contribution is -2.14. The second kappa shape index (κ2) is 8.43. The van der Waals surface area contributed by atoms with Gasteiger partial charge in [0.15, 0.2) is 17.1 Å². The monoisotopic (exact) mass is 389 g/mol. The Bertz CT molecular complexity index is 1130. The van der Waals surface area contributed by atoms with Crippen LogP contribution in [0.1, 0.15) is 11.3 Å². The van der Waals surface area contributed by atoms with Crippen LogP contribution in [0.25, 0.3) is 11.0 Å². The largest absolute Gasteiger partial charge is 0.493 e. The summed E-state index contributed by atoms with van der Waals surface area (Å²) in [5.41, 5.74) is 2.84. The fourth-order valence-electron chi connectivity index (χ4n) is 2.93. The van der Waals surface area contributed by atoms with Gasteiger partial charge in [-0.1, -0.05) is 17.3 Å². The quantitative estimate of drug-likeness (QED) is 0.514. The Balaban J connectivity index is 1.46. The standard InChI is InChI=1S/C22H19N3O4/c1-27-20-7-6-16(12-21(20)28-14-15-8-10-23-11-9-15)24-22(26)13-18-17-4-2-3-5-19(17)29-25-18/h2-12H,13-14H2,1H3,(H,24,26). The van der Waals surface area contributed by atoms with E-state index >= 15 is 0 Å². The van der Waals surface area contributed by atoms with Gasteiger partial charge < -0.3 is 19.3 Å². The van der Waals surface area contributed by atoms with Gasteiger partial charge in [-0.25, -0.2) is 0 Å². The zero-order valence-electron chi connectivity index (χ0n) is 15.8. The van der Waals surface area contributed by atoms with Crippen LogP contribution in [0, 0.1) is 0 Å². The molecule has 7 heteroatoms. The van der Waals surface area contributed by atoms with Crippen LogP contribution < -0.4 is 14.8 Å². The van der Waals surface area contributed by atoms with E-state index < -0.39 is 0 Å². The molecule has 0 aliphatic rings. The summed E-state index contributed by atoms with van der Waals surface area (Å²) in [6, 6.07) is 16.4. The van der Waals surface area contributed by atoms with Gasteiger partial charge in [-0.15, -0.1) is 0 Å². The number of amides is 1. The van der Waals surface area contributed by atoms with Crippen molar-refractivity contribution in [2.45, 2.75) is 13.0 Å². The molecule has 4 rings (SSSR count). The van der Waals surface area contributed by atoms with E-state index in [9.17, 15) is 4.79 Å². The summed E-state index contributed by atoms with van der Waals surface area (Å²) >= 11 is 0. The molecule has 0 spiro atoms. The molecule has 7 nitrogen and oxygen atoms in total. The number of para-hydroxylation sites is 1. The Morgan fingerprint density at radius 3 is 2.72 bits per heavy atom. The molecule has 0 bridgehead atoms. The van der Waals surface area contributed by atoms with E-state index in [-0.39, 0.29) is 12.3 Å². The molecule has 4 aromatic rings. The van der Waals surface area contributed by atoms with Crippen molar-refractivity contribution in [1.29, 1.82) is 0 Å². The van der Waals surface area contributed by atoms with Crippen molar-refractivity contribution < 1.29 is 18.8 Å². The fourth-order valence-corrected chi connectivity index (χ4v) is 2.93. The number of aromatic nitrogens is 2. The first kappa shape index (κ1) is 18.5. The average Bonchev–Trinajstić information content (AvgIpc) is 3.16. The number of pyridine rings is 1. The summed E-state index contributed by atoms with van der Waals surface area (Å²) < 4.78 is 16.5. The summed E-state index contributed by atoms with van der Waals surface area (Å²) in [5, 5.41) is 7.70. The number of fused-ring (bicyclic) bond motifs is 1. The number of carbonyl (C=O) groups excluding carboxylic acids is 1. The Morgan fingerprint density at radius 2 is 1.90 bits per heavy atom. The number of benzene rings is 2. The lowest BCUT2D eigenvalue weighted by molar-refractivity contribution is -0.115. The van der Waals surface area contributed by atoms with E-state index in [2.05, 4.69) is 15.5 Å². The highest BCUT2D eigenvalue weighted by Gasteiger charge is 2.13. The molecule has 0 aliphatic heterocycles. The van der Waals surface area contributed by atoms with E-state index in [1.807, 2.05) is 36.4 Å². The number of methoxy groups -OCH3 is 1. The molecule has 0 atom stereocenters. The number of nitrogens with one attached hydrogen (secondary N) is 1. The zero-order valence-corrected chi connectivity index (χ0v) is 15.8. The molecule has 29 heavy (non-hydrogen) atoms. The van der Waals surface area contributed by atoms with Gasteiger partial charge in [-0.2, -0.15) is 0 Å². The molecule has 1 N–H and O–H groups in total. The molecule has 2 aromatic heterocycles. The van der Waals surface area contributed by atoms with E-state index in [1.165, 1.54) is 0 Å². The minimum Gasteiger partial charge on any atom is -0.493 e. The lowest BCUT2D eigenvalue weighted by atomic mass is 10.1. The van der Waals surface area contributed by atoms with E-state index in [4.69, 9.17) is 14.0 Å². The predicted octanol–water partition coefficient (Wildman–Crippen LogP) is 3.99. The highest BCUT2D eigenvalue weighted by molar-refractivity contribution is 5.94. The summed E-state index contributed by atoms with van der Waals surface area (Å²) in [7, 11) is 1.57. The number of anilines is 1. The van der Waals surface area contributed by atoms with Crippen LogP contribution in [0.15, 0.2) is 71.5 Å². The number of ether oxygens (including phenoxy) is 2. The van der Waals surface area contributed by atoms with E-state index in [0.717, 1.165) is 10.9 Å². The smallest absolute Gasteiger partial charge is 0.230 e. The van der Waals surface area contributed by atoms with Crippen LogP contribution in [0.2, 0.25) is 0 Å². The molecule has 2 aromatic carbocycles. The molecule has 1 amide bonds. The third-order valence-corrected chi connectivity index (χ3v) is 4.37. The van der Waals surface area contributed by atoms with Gasteiger partial charge in [0.2, 0.25) is 5.91 Å². The highest BCUT2D eigenvalue weighted by Crippen LogP contribution is 2.31. The topological polar surface area (TPSA) is 86.5 Å². The van der Waals surface area contributed by atoms with Crippen molar-refractivity contribution in [3.63, 3.8) is 0 Å². The van der Waals surface area contributed by atoms with Crippen molar-refractivity contribution in [3.8, 4) is 11.5 Å². The van der Waals surface area contributed by atoms with Crippen LogP contribution in [0.5, 0.6) is 11.5 Å². The Morgan fingerprint density at radius 1 is 1.07 bits per heavy atom. The summed E-state index contributed by atoms with van der Waals surface area (Å²) in [4.78, 5) is 16.5. The van der Waals surface area contributed by atoms with Crippen molar-refractivity contribution in [2.75, 3.05) is 12.4 Å². The average molecular weight is 389 g/mol. The maximum atomic E-state index is 12.5. The number of carbonyl (C=O) groups is 1. The van der Waals surface area contributed by atoms with Crippen molar-refractivity contribution in [3.05, 3.63) is 78.2 Å². The van der Waals surface area contributed by atoms with Gasteiger partial charge in [0.25, 0.3) is 0 Å². The second-order valence-electron chi connectivity index (χ2n) is 6.36. The summed E-state index contributed by atoms with van der Waals surface area (Å²) in [6.45, 7) is 0.362. The molecule has 0 aliphatic carbocycles. The highest BCUT2D eigenvalue weighted by atomic mass is 16.5. The second-order valence-corrected chi connectivity index (χ2v) is 6.36. The molecule has 0 unspecified atom stereocenters. The van der Waals surface area contributed by atoms with Gasteiger partial charge in [-0.3, -0.25) is 9.78 Å². The number of nitrogens with zero attached hydrogens (tertiary/aromatic N) is 2. The lowest BCUT2D eigenvalue weighted by Gasteiger charge is -2.13. The van der Waals surface area contributed by atoms with Gasteiger partial charge in [0.05, 0.1) is 13.5 Å². The van der Waals surface area contributed by atoms with Crippen LogP contribution in [0.4, 0.5) is 5.69 Å². The molecule has 0 radical (unpaired) electrons. The minimum atomic E-state index is -0.200. The fraction of sp³-hybridized carbons (Fsp3) is 0.136. The van der Waals surface area contributed by atoms with Crippen molar-refractivity contribution in [2.24, 2.45) is 0 Å².